The van der Waals surface area contributed by atoms with Crippen LogP contribution in [-0.2, 0) is 0 Å². The van der Waals surface area contributed by atoms with E-state index in [1.165, 1.54) is 0 Å². The Balaban J connectivity index is 2.03. The Morgan fingerprint density at radius 3 is 3.00 bits per heavy atom. The second-order valence-corrected chi connectivity index (χ2v) is 4.13. The molecule has 2 N–H and O–H groups in total. The Kier molecular flexibility index (Phi) is 1.77. The maximum atomic E-state index is 4.36. The van der Waals surface area contributed by atoms with Gasteiger partial charge in [0.05, 0.1) is 6.20 Å². The second-order valence-electron chi connectivity index (χ2n) is 4.13. The lowest BCUT2D eigenvalue weighted by atomic mass is 10.1. The SMILES string of the molecule is c1cc(-c2cnc3[nH]ncc3c2)c2cc[nH]c2n1. The number of nitrogens with zero attached hydrogens (tertiary/aromatic N) is 3. The molecule has 4 aromatic heterocycles. The fourth-order valence-corrected chi connectivity index (χ4v) is 2.20. The number of hydrogen-bond donors (Lipinski definition) is 2. The summed E-state index contributed by atoms with van der Waals surface area (Å²) in [5.74, 6) is 0. The van der Waals surface area contributed by atoms with Crippen molar-refractivity contribution in [2.24, 2.45) is 0 Å². The number of H-pyrrole nitrogens is 2. The number of rotatable bonds is 1. The first-order valence-corrected chi connectivity index (χ1v) is 5.63. The van der Waals surface area contributed by atoms with Crippen molar-refractivity contribution in [2.45, 2.75) is 0 Å². The van der Waals surface area contributed by atoms with Gasteiger partial charge >= 0.3 is 0 Å². The zero-order chi connectivity index (χ0) is 11.9. The largest absolute Gasteiger partial charge is 0.346 e. The fourth-order valence-electron chi connectivity index (χ4n) is 2.20. The van der Waals surface area contributed by atoms with E-state index >= 15 is 0 Å². The molecule has 0 atom stereocenters. The van der Waals surface area contributed by atoms with Crippen LogP contribution in [0.25, 0.3) is 33.2 Å². The summed E-state index contributed by atoms with van der Waals surface area (Å²) in [6, 6.07) is 6.10. The van der Waals surface area contributed by atoms with Crippen LogP contribution in [0.2, 0.25) is 0 Å². The Hall–Kier alpha value is -2.69. The molecule has 4 heterocycles. The van der Waals surface area contributed by atoms with Crippen molar-refractivity contribution in [3.05, 3.63) is 43.0 Å². The number of pyridine rings is 2. The van der Waals surface area contributed by atoms with Gasteiger partial charge in [-0.2, -0.15) is 5.10 Å². The number of hydrogen-bond acceptors (Lipinski definition) is 3. The minimum absolute atomic E-state index is 0.804. The number of fused-ring (bicyclic) bond motifs is 2. The van der Waals surface area contributed by atoms with E-state index in [0.717, 1.165) is 33.2 Å². The lowest BCUT2D eigenvalue weighted by molar-refractivity contribution is 1.10. The van der Waals surface area contributed by atoms with Gasteiger partial charge in [-0.15, -0.1) is 0 Å². The van der Waals surface area contributed by atoms with Crippen LogP contribution in [0.1, 0.15) is 0 Å². The summed E-state index contributed by atoms with van der Waals surface area (Å²) in [5, 5.41) is 8.94. The summed E-state index contributed by atoms with van der Waals surface area (Å²) >= 11 is 0. The first-order valence-electron chi connectivity index (χ1n) is 5.63. The third-order valence-corrected chi connectivity index (χ3v) is 3.06. The quantitative estimate of drug-likeness (QED) is 0.532. The standard InChI is InChI=1S/C13H9N5/c1-3-14-13-11(2-4-15-13)10(1)8-5-9-7-17-18-12(9)16-6-8/h1-7H,(H,14,15)(H,16,17,18). The van der Waals surface area contributed by atoms with E-state index in [1.54, 1.807) is 12.4 Å². The zero-order valence-electron chi connectivity index (χ0n) is 9.38. The summed E-state index contributed by atoms with van der Waals surface area (Å²) in [6.07, 6.45) is 7.32. The minimum Gasteiger partial charge on any atom is -0.346 e. The van der Waals surface area contributed by atoms with Crippen LogP contribution in [0.15, 0.2) is 43.0 Å². The van der Waals surface area contributed by atoms with Crippen LogP contribution < -0.4 is 0 Å². The molecule has 4 aromatic rings. The first-order chi connectivity index (χ1) is 8.92. The van der Waals surface area contributed by atoms with Gasteiger partial charge in [-0.25, -0.2) is 9.97 Å². The summed E-state index contributed by atoms with van der Waals surface area (Å²) in [4.78, 5) is 11.8. The van der Waals surface area contributed by atoms with Crippen LogP contribution in [0.4, 0.5) is 0 Å². The molecule has 0 amide bonds. The maximum Gasteiger partial charge on any atom is 0.155 e. The number of nitrogens with one attached hydrogen (secondary N) is 2. The van der Waals surface area contributed by atoms with Gasteiger partial charge in [0.2, 0.25) is 0 Å². The molecular formula is C13H9N5. The smallest absolute Gasteiger partial charge is 0.155 e. The Bertz CT molecular complexity index is 842. The number of aromatic nitrogens is 5. The summed E-state index contributed by atoms with van der Waals surface area (Å²) < 4.78 is 0. The highest BCUT2D eigenvalue weighted by molar-refractivity contribution is 5.94. The number of aromatic amines is 2. The van der Waals surface area contributed by atoms with Gasteiger partial charge in [-0.3, -0.25) is 5.10 Å². The van der Waals surface area contributed by atoms with Crippen LogP contribution in [0, 0.1) is 0 Å². The van der Waals surface area contributed by atoms with Gasteiger partial charge in [-0.1, -0.05) is 0 Å². The predicted molar refractivity (Wildman–Crippen MR) is 69.0 cm³/mol. The molecule has 0 radical (unpaired) electrons. The van der Waals surface area contributed by atoms with Crippen LogP contribution in [0.5, 0.6) is 0 Å². The van der Waals surface area contributed by atoms with Crippen molar-refractivity contribution in [3.63, 3.8) is 0 Å². The van der Waals surface area contributed by atoms with E-state index in [0.29, 0.717) is 0 Å². The van der Waals surface area contributed by atoms with Crippen molar-refractivity contribution >= 4 is 22.1 Å². The molecule has 0 aliphatic rings. The first kappa shape index (κ1) is 9.35. The average molecular weight is 235 g/mol. The monoisotopic (exact) mass is 235 g/mol. The van der Waals surface area contributed by atoms with Gasteiger partial charge in [0.1, 0.15) is 5.65 Å². The molecule has 0 aliphatic carbocycles. The Morgan fingerprint density at radius 1 is 1.00 bits per heavy atom. The van der Waals surface area contributed by atoms with Crippen molar-refractivity contribution < 1.29 is 0 Å². The normalized spacial score (nSPS) is 11.3. The molecule has 5 nitrogen and oxygen atoms in total. The maximum absolute atomic E-state index is 4.36. The van der Waals surface area contributed by atoms with Crippen LogP contribution >= 0.6 is 0 Å². The van der Waals surface area contributed by atoms with E-state index in [2.05, 4.69) is 31.2 Å². The van der Waals surface area contributed by atoms with Gasteiger partial charge in [0.15, 0.2) is 5.65 Å². The van der Waals surface area contributed by atoms with Crippen molar-refractivity contribution in [1.29, 1.82) is 0 Å². The highest BCUT2D eigenvalue weighted by Gasteiger charge is 2.07. The molecule has 0 aliphatic heterocycles. The predicted octanol–water partition coefficient (Wildman–Crippen LogP) is 2.50. The van der Waals surface area contributed by atoms with Gasteiger partial charge in [-0.05, 0) is 23.8 Å². The summed E-state index contributed by atoms with van der Waals surface area (Å²) in [6.45, 7) is 0. The zero-order valence-corrected chi connectivity index (χ0v) is 9.38. The average Bonchev–Trinajstić information content (AvgIpc) is 3.05. The topological polar surface area (TPSA) is 70.2 Å². The van der Waals surface area contributed by atoms with E-state index in [9.17, 15) is 0 Å². The summed E-state index contributed by atoms with van der Waals surface area (Å²) in [5.41, 5.74) is 3.88. The van der Waals surface area contributed by atoms with Gasteiger partial charge in [0.25, 0.3) is 0 Å². The molecule has 18 heavy (non-hydrogen) atoms. The molecule has 0 unspecified atom stereocenters. The fraction of sp³-hybridized carbons (Fsp3) is 0. The van der Waals surface area contributed by atoms with E-state index in [1.807, 2.05) is 24.5 Å². The van der Waals surface area contributed by atoms with E-state index in [-0.39, 0.29) is 0 Å². The third kappa shape index (κ3) is 1.24. The molecule has 0 fully saturated rings. The Morgan fingerprint density at radius 2 is 2.00 bits per heavy atom. The molecule has 5 heteroatoms. The summed E-state index contributed by atoms with van der Waals surface area (Å²) in [7, 11) is 0. The second kappa shape index (κ2) is 3.40. The van der Waals surface area contributed by atoms with Crippen molar-refractivity contribution in [1.82, 2.24) is 25.1 Å². The molecule has 4 rings (SSSR count). The molecule has 0 saturated carbocycles. The highest BCUT2D eigenvalue weighted by atomic mass is 15.1. The minimum atomic E-state index is 0.804. The molecular weight excluding hydrogens is 226 g/mol. The molecule has 0 aromatic carbocycles. The molecule has 86 valence electrons. The van der Waals surface area contributed by atoms with E-state index in [4.69, 9.17) is 0 Å². The van der Waals surface area contributed by atoms with Crippen LogP contribution in [-0.4, -0.2) is 25.1 Å². The van der Waals surface area contributed by atoms with Crippen molar-refractivity contribution in [2.75, 3.05) is 0 Å². The lowest BCUT2D eigenvalue weighted by Crippen LogP contribution is -1.84. The molecule has 0 bridgehead atoms. The van der Waals surface area contributed by atoms with Gasteiger partial charge < -0.3 is 4.98 Å². The van der Waals surface area contributed by atoms with Gasteiger partial charge in [0, 0.05) is 34.9 Å². The third-order valence-electron chi connectivity index (χ3n) is 3.06. The Labute approximate surface area is 102 Å². The lowest BCUT2D eigenvalue weighted by Gasteiger charge is -2.02. The molecule has 0 saturated heterocycles. The van der Waals surface area contributed by atoms with Crippen molar-refractivity contribution in [3.8, 4) is 11.1 Å². The molecule has 0 spiro atoms. The van der Waals surface area contributed by atoms with Crippen LogP contribution in [0.3, 0.4) is 0 Å². The van der Waals surface area contributed by atoms with E-state index < -0.39 is 0 Å². The highest BCUT2D eigenvalue weighted by Crippen LogP contribution is 2.27.